The summed E-state index contributed by atoms with van der Waals surface area (Å²) in [6.45, 7) is 4.14. The second kappa shape index (κ2) is 13.5. The summed E-state index contributed by atoms with van der Waals surface area (Å²) >= 11 is 5.97. The van der Waals surface area contributed by atoms with Gasteiger partial charge in [0.1, 0.15) is 36.4 Å². The largest absolute Gasteiger partial charge is 0.491 e. The van der Waals surface area contributed by atoms with Crippen LogP contribution >= 0.6 is 11.6 Å². The number of amides is 1. The van der Waals surface area contributed by atoms with E-state index in [1.807, 2.05) is 13.1 Å². The molecule has 6 rings (SSSR count). The number of likely N-dealkylation sites (tertiary alicyclic amines) is 1. The van der Waals surface area contributed by atoms with Crippen LogP contribution in [0.15, 0.2) is 48.8 Å². The molecule has 1 aromatic heterocycles. The first-order valence-corrected chi connectivity index (χ1v) is 15.4. The van der Waals surface area contributed by atoms with Gasteiger partial charge in [0.05, 0.1) is 22.8 Å². The summed E-state index contributed by atoms with van der Waals surface area (Å²) in [5.74, 6) is 0.914. The molecule has 0 radical (unpaired) electrons. The molecule has 3 heterocycles. The van der Waals surface area contributed by atoms with E-state index in [0.29, 0.717) is 59.5 Å². The van der Waals surface area contributed by atoms with E-state index in [0.717, 1.165) is 45.3 Å². The van der Waals surface area contributed by atoms with Crippen molar-refractivity contribution in [2.75, 3.05) is 57.1 Å². The van der Waals surface area contributed by atoms with Gasteiger partial charge in [-0.05, 0) is 81.9 Å². The average molecular weight is 623 g/mol. The smallest absolute Gasteiger partial charge is 0.323 e. The fourth-order valence-electron chi connectivity index (χ4n) is 5.78. The number of esters is 1. The highest BCUT2D eigenvalue weighted by Crippen LogP contribution is 2.36. The minimum absolute atomic E-state index is 0.00485. The third-order valence-corrected chi connectivity index (χ3v) is 8.75. The Morgan fingerprint density at radius 3 is 2.73 bits per heavy atom. The summed E-state index contributed by atoms with van der Waals surface area (Å²) in [4.78, 5) is 38.5. The molecule has 12 heteroatoms. The number of hydrogen-bond acceptors (Lipinski definition) is 9. The van der Waals surface area contributed by atoms with Crippen LogP contribution in [0.1, 0.15) is 25.7 Å². The van der Waals surface area contributed by atoms with Gasteiger partial charge in [0, 0.05) is 36.3 Å². The molecule has 3 aliphatic rings. The van der Waals surface area contributed by atoms with Crippen LogP contribution in [0.25, 0.3) is 10.9 Å². The molecular formula is C32H36ClFN6O4. The van der Waals surface area contributed by atoms with Crippen LogP contribution in [0.3, 0.4) is 0 Å². The number of nitrogens with one attached hydrogen (secondary N) is 2. The molecule has 1 aliphatic carbocycles. The standard InChI is InChI=1S/C32H36ClFN6O4/c1-39-13-14-43-32(42)30(39)21-8-11-40(12-9-21)10-2-3-29(41)38-27-16-23-26(17-28(27)44-18-20-4-5-20)35-19-36-31(23)37-22-6-7-25(34)24(33)15-22/h2-3,6-7,15-17,19-21,30H,4-5,8-14,18H2,1H3,(H,38,41)(H,35,36,37). The lowest BCUT2D eigenvalue weighted by Gasteiger charge is -2.40. The minimum Gasteiger partial charge on any atom is -0.491 e. The predicted octanol–water partition coefficient (Wildman–Crippen LogP) is 5.02. The number of aromatic nitrogens is 2. The van der Waals surface area contributed by atoms with Gasteiger partial charge in [-0.3, -0.25) is 19.4 Å². The molecular weight excluding hydrogens is 587 g/mol. The van der Waals surface area contributed by atoms with Crippen LogP contribution < -0.4 is 15.4 Å². The highest BCUT2D eigenvalue weighted by molar-refractivity contribution is 6.31. The van der Waals surface area contributed by atoms with E-state index in [1.54, 1.807) is 18.2 Å². The molecule has 3 aromatic rings. The number of carbonyl (C=O) groups is 2. The van der Waals surface area contributed by atoms with Crippen LogP contribution in [0, 0.1) is 17.7 Å². The van der Waals surface area contributed by atoms with Crippen molar-refractivity contribution in [3.63, 3.8) is 0 Å². The van der Waals surface area contributed by atoms with E-state index in [4.69, 9.17) is 21.1 Å². The lowest BCUT2D eigenvalue weighted by Crippen LogP contribution is -2.53. The molecule has 232 valence electrons. The zero-order valence-electron chi connectivity index (χ0n) is 24.6. The topological polar surface area (TPSA) is 109 Å². The summed E-state index contributed by atoms with van der Waals surface area (Å²) in [6, 6.07) is 7.75. The number of morpholine rings is 1. The Hall–Kier alpha value is -3.80. The molecule has 2 aromatic carbocycles. The molecule has 2 aliphatic heterocycles. The van der Waals surface area contributed by atoms with E-state index in [9.17, 15) is 14.0 Å². The van der Waals surface area contributed by atoms with Crippen molar-refractivity contribution in [3.8, 4) is 5.75 Å². The maximum atomic E-state index is 13.7. The molecule has 1 saturated carbocycles. The highest BCUT2D eigenvalue weighted by Gasteiger charge is 2.37. The molecule has 1 amide bonds. The van der Waals surface area contributed by atoms with Crippen molar-refractivity contribution in [1.29, 1.82) is 0 Å². The van der Waals surface area contributed by atoms with Crippen molar-refractivity contribution >= 4 is 51.6 Å². The van der Waals surface area contributed by atoms with Crippen LogP contribution in [0.2, 0.25) is 5.02 Å². The van der Waals surface area contributed by atoms with E-state index >= 15 is 0 Å². The van der Waals surface area contributed by atoms with Gasteiger partial charge in [0.25, 0.3) is 0 Å². The molecule has 1 atom stereocenters. The van der Waals surface area contributed by atoms with Gasteiger partial charge in [-0.2, -0.15) is 0 Å². The Balaban J connectivity index is 1.12. The molecule has 44 heavy (non-hydrogen) atoms. The second-order valence-electron chi connectivity index (χ2n) is 11.7. The molecule has 2 N–H and O–H groups in total. The van der Waals surface area contributed by atoms with Crippen molar-refractivity contribution in [2.45, 2.75) is 31.7 Å². The van der Waals surface area contributed by atoms with Crippen molar-refractivity contribution in [2.24, 2.45) is 11.8 Å². The highest BCUT2D eigenvalue weighted by atomic mass is 35.5. The van der Waals surface area contributed by atoms with Crippen molar-refractivity contribution in [1.82, 2.24) is 19.8 Å². The Kier molecular flexibility index (Phi) is 9.25. The lowest BCUT2D eigenvalue weighted by molar-refractivity contribution is -0.160. The lowest BCUT2D eigenvalue weighted by atomic mass is 9.88. The third-order valence-electron chi connectivity index (χ3n) is 8.46. The molecule has 3 fully saturated rings. The number of nitrogens with zero attached hydrogens (tertiary/aromatic N) is 4. The van der Waals surface area contributed by atoms with E-state index in [-0.39, 0.29) is 28.9 Å². The second-order valence-corrected chi connectivity index (χ2v) is 12.1. The first-order valence-electron chi connectivity index (χ1n) is 15.0. The van der Waals surface area contributed by atoms with Gasteiger partial charge >= 0.3 is 5.97 Å². The Bertz CT molecular complexity index is 1560. The maximum Gasteiger partial charge on any atom is 0.323 e. The fourth-order valence-corrected chi connectivity index (χ4v) is 5.97. The number of benzene rings is 2. The van der Waals surface area contributed by atoms with Crippen molar-refractivity contribution in [3.05, 3.63) is 59.7 Å². The normalized spacial score (nSPS) is 20.2. The monoisotopic (exact) mass is 622 g/mol. The number of piperidine rings is 1. The molecule has 0 spiro atoms. The van der Waals surface area contributed by atoms with E-state index in [1.165, 1.54) is 24.5 Å². The number of cyclic esters (lactones) is 1. The van der Waals surface area contributed by atoms with Gasteiger partial charge < -0.3 is 20.1 Å². The average Bonchev–Trinajstić information content (AvgIpc) is 3.84. The summed E-state index contributed by atoms with van der Waals surface area (Å²) < 4.78 is 25.1. The molecule has 1 unspecified atom stereocenters. The molecule has 10 nitrogen and oxygen atoms in total. The third kappa shape index (κ3) is 7.28. The summed E-state index contributed by atoms with van der Waals surface area (Å²) in [6.07, 6.45) is 8.91. The predicted molar refractivity (Wildman–Crippen MR) is 167 cm³/mol. The van der Waals surface area contributed by atoms with Crippen LogP contribution in [-0.2, 0) is 14.3 Å². The number of likely N-dealkylation sites (N-methyl/N-ethyl adjacent to an activating group) is 1. The van der Waals surface area contributed by atoms with Crippen LogP contribution in [-0.4, -0.2) is 84.1 Å². The first-order chi connectivity index (χ1) is 21.3. The number of fused-ring (bicyclic) bond motifs is 1. The SMILES string of the molecule is CN1CCOC(=O)C1C1CCN(CC=CC(=O)Nc2cc3c(Nc4ccc(F)c(Cl)c4)ncnc3cc2OCC2CC2)CC1. The fraction of sp³-hybridized carbons (Fsp3) is 0.438. The number of carbonyl (C=O) groups excluding carboxylic acids is 2. The zero-order valence-corrected chi connectivity index (χ0v) is 25.4. The maximum absolute atomic E-state index is 13.7. The Labute approximate surface area is 260 Å². The first kappa shape index (κ1) is 30.2. The van der Waals surface area contributed by atoms with Gasteiger partial charge in [0.15, 0.2) is 0 Å². The van der Waals surface area contributed by atoms with Crippen LogP contribution in [0.5, 0.6) is 5.75 Å². The summed E-state index contributed by atoms with van der Waals surface area (Å²) in [7, 11) is 1.99. The molecule has 0 bridgehead atoms. The Morgan fingerprint density at radius 2 is 1.98 bits per heavy atom. The number of halogens is 2. The quantitative estimate of drug-likeness (QED) is 0.238. The van der Waals surface area contributed by atoms with Gasteiger partial charge in [-0.25, -0.2) is 14.4 Å². The van der Waals surface area contributed by atoms with Gasteiger partial charge in [0.2, 0.25) is 5.91 Å². The van der Waals surface area contributed by atoms with E-state index < -0.39 is 5.82 Å². The van der Waals surface area contributed by atoms with Crippen LogP contribution in [0.4, 0.5) is 21.6 Å². The number of hydrogen-bond donors (Lipinski definition) is 2. The van der Waals surface area contributed by atoms with Gasteiger partial charge in [-0.1, -0.05) is 17.7 Å². The Morgan fingerprint density at radius 1 is 1.16 bits per heavy atom. The minimum atomic E-state index is -0.511. The van der Waals surface area contributed by atoms with Crippen molar-refractivity contribution < 1.29 is 23.5 Å². The number of ether oxygens (including phenoxy) is 2. The van der Waals surface area contributed by atoms with E-state index in [2.05, 4.69) is 30.4 Å². The summed E-state index contributed by atoms with van der Waals surface area (Å²) in [5.41, 5.74) is 1.70. The number of anilines is 3. The molecule has 2 saturated heterocycles. The van der Waals surface area contributed by atoms with Gasteiger partial charge in [-0.15, -0.1) is 0 Å². The number of rotatable bonds is 10. The summed E-state index contributed by atoms with van der Waals surface area (Å²) in [5, 5.41) is 6.79. The zero-order chi connectivity index (χ0) is 30.6.